The molecule has 3 N–H and O–H groups in total. The third-order valence-electron chi connectivity index (χ3n) is 4.87. The molecule has 3 rings (SSSR count). The number of nitrogens with zero attached hydrogens (tertiary/aromatic N) is 2. The maximum absolute atomic E-state index is 12.9. The smallest absolute Gasteiger partial charge is 0.251 e. The van der Waals surface area contributed by atoms with E-state index in [1.165, 1.54) is 0 Å². The van der Waals surface area contributed by atoms with Crippen LogP contribution in [0, 0.1) is 12.8 Å². The second kappa shape index (κ2) is 7.92. The number of hydrogen-bond donors (Lipinski definition) is 3. The third-order valence-corrected chi connectivity index (χ3v) is 4.87. The molecular formula is C20H27N5O2. The number of benzene rings is 1. The number of nitrogens with one attached hydrogen (secondary N) is 3. The lowest BCUT2D eigenvalue weighted by atomic mass is 9.90. The van der Waals surface area contributed by atoms with Crippen LogP contribution in [0.3, 0.4) is 0 Å². The lowest BCUT2D eigenvalue weighted by Gasteiger charge is -2.18. The lowest BCUT2D eigenvalue weighted by Crippen LogP contribution is -2.30. The van der Waals surface area contributed by atoms with Crippen molar-refractivity contribution in [2.45, 2.75) is 32.7 Å². The quantitative estimate of drug-likeness (QED) is 0.750. The minimum Gasteiger partial charge on any atom is -0.350 e. The van der Waals surface area contributed by atoms with Gasteiger partial charge in [0.05, 0.1) is 12.1 Å². The van der Waals surface area contributed by atoms with Crippen molar-refractivity contribution in [2.24, 2.45) is 13.0 Å². The molecule has 1 aliphatic rings. The van der Waals surface area contributed by atoms with Crippen LogP contribution < -0.4 is 16.0 Å². The molecule has 2 aromatic rings. The van der Waals surface area contributed by atoms with E-state index in [4.69, 9.17) is 0 Å². The van der Waals surface area contributed by atoms with Crippen molar-refractivity contribution >= 4 is 17.5 Å². The van der Waals surface area contributed by atoms with Crippen LogP contribution in [0.15, 0.2) is 30.6 Å². The van der Waals surface area contributed by atoms with E-state index in [2.05, 4.69) is 21.0 Å². The molecule has 2 amide bonds. The van der Waals surface area contributed by atoms with Gasteiger partial charge in [-0.2, -0.15) is 5.10 Å². The van der Waals surface area contributed by atoms with Crippen molar-refractivity contribution in [3.63, 3.8) is 0 Å². The summed E-state index contributed by atoms with van der Waals surface area (Å²) in [5, 5.41) is 13.4. The maximum Gasteiger partial charge on any atom is 0.251 e. The molecule has 27 heavy (non-hydrogen) atoms. The van der Waals surface area contributed by atoms with E-state index >= 15 is 0 Å². The first-order chi connectivity index (χ1) is 12.8. The van der Waals surface area contributed by atoms with Crippen LogP contribution in [0.25, 0.3) is 0 Å². The predicted molar refractivity (Wildman–Crippen MR) is 105 cm³/mol. The summed E-state index contributed by atoms with van der Waals surface area (Å²) in [6.45, 7) is 7.14. The fourth-order valence-corrected chi connectivity index (χ4v) is 3.45. The summed E-state index contributed by atoms with van der Waals surface area (Å²) in [4.78, 5) is 25.0. The Morgan fingerprint density at radius 3 is 2.70 bits per heavy atom. The zero-order valence-electron chi connectivity index (χ0n) is 16.2. The van der Waals surface area contributed by atoms with Crippen LogP contribution in [0.1, 0.15) is 41.3 Å². The maximum atomic E-state index is 12.9. The number of aryl methyl sites for hydroxylation is 2. The number of amides is 2. The van der Waals surface area contributed by atoms with Crippen LogP contribution in [-0.4, -0.2) is 40.7 Å². The molecule has 0 saturated carbocycles. The van der Waals surface area contributed by atoms with Gasteiger partial charge in [-0.3, -0.25) is 14.3 Å². The van der Waals surface area contributed by atoms with Crippen molar-refractivity contribution in [1.29, 1.82) is 0 Å². The summed E-state index contributed by atoms with van der Waals surface area (Å²) in [6, 6.07) is 5.42. The van der Waals surface area contributed by atoms with Gasteiger partial charge in [0.1, 0.15) is 0 Å². The van der Waals surface area contributed by atoms with E-state index in [0.717, 1.165) is 23.4 Å². The number of rotatable bonds is 5. The molecule has 2 atom stereocenters. The second-order valence-corrected chi connectivity index (χ2v) is 7.47. The molecule has 1 aromatic heterocycles. The van der Waals surface area contributed by atoms with E-state index in [1.54, 1.807) is 22.9 Å². The molecule has 0 radical (unpaired) electrons. The van der Waals surface area contributed by atoms with Gasteiger partial charge in [-0.05, 0) is 50.1 Å². The largest absolute Gasteiger partial charge is 0.350 e. The number of carbonyl (C=O) groups excluding carboxylic acids is 2. The highest BCUT2D eigenvalue weighted by molar-refractivity contribution is 5.97. The molecule has 1 saturated heterocycles. The van der Waals surface area contributed by atoms with Gasteiger partial charge in [0.15, 0.2) is 0 Å². The van der Waals surface area contributed by atoms with Crippen LogP contribution >= 0.6 is 0 Å². The monoisotopic (exact) mass is 369 g/mol. The highest BCUT2D eigenvalue weighted by Crippen LogP contribution is 2.29. The minimum absolute atomic E-state index is 0.0173. The lowest BCUT2D eigenvalue weighted by molar-refractivity contribution is -0.119. The fraction of sp³-hybridized carbons (Fsp3) is 0.450. The van der Waals surface area contributed by atoms with E-state index in [1.807, 2.05) is 40.2 Å². The average Bonchev–Trinajstić information content (AvgIpc) is 3.24. The SMILES string of the molecule is Cc1cc(C(=O)NC(C)C)ccc1NC(=O)[C@H]1CNC[C@@H]1c1cnn(C)c1. The van der Waals surface area contributed by atoms with E-state index in [0.29, 0.717) is 12.1 Å². The summed E-state index contributed by atoms with van der Waals surface area (Å²) in [5.74, 6) is -0.174. The second-order valence-electron chi connectivity index (χ2n) is 7.47. The minimum atomic E-state index is -0.155. The molecule has 7 heteroatoms. The number of carbonyl (C=O) groups is 2. The molecule has 1 aromatic carbocycles. The average molecular weight is 369 g/mol. The Labute approximate surface area is 159 Å². The van der Waals surface area contributed by atoms with Gasteiger partial charge < -0.3 is 16.0 Å². The van der Waals surface area contributed by atoms with Crippen LogP contribution in [0.2, 0.25) is 0 Å². The third kappa shape index (κ3) is 4.36. The van der Waals surface area contributed by atoms with E-state index in [-0.39, 0.29) is 29.7 Å². The number of anilines is 1. The summed E-state index contributed by atoms with van der Waals surface area (Å²) in [7, 11) is 1.88. The Kier molecular flexibility index (Phi) is 5.60. The van der Waals surface area contributed by atoms with Crippen molar-refractivity contribution in [2.75, 3.05) is 18.4 Å². The van der Waals surface area contributed by atoms with Crippen molar-refractivity contribution in [3.05, 3.63) is 47.3 Å². The Morgan fingerprint density at radius 1 is 1.30 bits per heavy atom. The Morgan fingerprint density at radius 2 is 2.07 bits per heavy atom. The van der Waals surface area contributed by atoms with E-state index in [9.17, 15) is 9.59 Å². The van der Waals surface area contributed by atoms with Gasteiger partial charge in [0.2, 0.25) is 5.91 Å². The van der Waals surface area contributed by atoms with Crippen LogP contribution in [0.5, 0.6) is 0 Å². The van der Waals surface area contributed by atoms with Gasteiger partial charge in [0.25, 0.3) is 5.91 Å². The van der Waals surface area contributed by atoms with Gasteiger partial charge in [0, 0.05) is 49.5 Å². The molecule has 0 bridgehead atoms. The summed E-state index contributed by atoms with van der Waals surface area (Å²) >= 11 is 0. The topological polar surface area (TPSA) is 88.1 Å². The predicted octanol–water partition coefficient (Wildman–Crippen LogP) is 1.81. The first-order valence-electron chi connectivity index (χ1n) is 9.26. The van der Waals surface area contributed by atoms with Gasteiger partial charge >= 0.3 is 0 Å². The molecule has 7 nitrogen and oxygen atoms in total. The van der Waals surface area contributed by atoms with Gasteiger partial charge in [-0.1, -0.05) is 0 Å². The summed E-state index contributed by atoms with van der Waals surface area (Å²) in [5.41, 5.74) is 3.26. The summed E-state index contributed by atoms with van der Waals surface area (Å²) in [6.07, 6.45) is 3.79. The van der Waals surface area contributed by atoms with Gasteiger partial charge in [-0.15, -0.1) is 0 Å². The first kappa shape index (κ1) is 19.1. The zero-order valence-corrected chi connectivity index (χ0v) is 16.2. The normalized spacial score (nSPS) is 19.3. The molecule has 1 fully saturated rings. The van der Waals surface area contributed by atoms with Gasteiger partial charge in [-0.25, -0.2) is 0 Å². The molecule has 1 aliphatic heterocycles. The number of aromatic nitrogens is 2. The zero-order chi connectivity index (χ0) is 19.6. The van der Waals surface area contributed by atoms with Crippen LogP contribution in [0.4, 0.5) is 5.69 Å². The Bertz CT molecular complexity index is 843. The van der Waals surface area contributed by atoms with Crippen molar-refractivity contribution < 1.29 is 9.59 Å². The fourth-order valence-electron chi connectivity index (χ4n) is 3.45. The molecule has 0 spiro atoms. The van der Waals surface area contributed by atoms with E-state index < -0.39 is 0 Å². The Balaban J connectivity index is 1.71. The van der Waals surface area contributed by atoms with Crippen molar-refractivity contribution in [3.8, 4) is 0 Å². The first-order valence-corrected chi connectivity index (χ1v) is 9.26. The molecule has 2 heterocycles. The van der Waals surface area contributed by atoms with Crippen LogP contribution in [-0.2, 0) is 11.8 Å². The molecule has 144 valence electrons. The number of hydrogen-bond acceptors (Lipinski definition) is 4. The van der Waals surface area contributed by atoms with Crippen molar-refractivity contribution in [1.82, 2.24) is 20.4 Å². The summed E-state index contributed by atoms with van der Waals surface area (Å²) < 4.78 is 1.76. The standard InChI is InChI=1S/C20H27N5O2/c1-12(2)23-19(26)14-5-6-18(13(3)7-14)24-20(27)17-10-21-9-16(17)15-8-22-25(4)11-15/h5-8,11-12,16-17,21H,9-10H2,1-4H3,(H,23,26)(H,24,27)/t16-,17+/m1/s1. The molecule has 0 unspecified atom stereocenters. The Hall–Kier alpha value is -2.67. The molecular weight excluding hydrogens is 342 g/mol. The molecule has 0 aliphatic carbocycles. The highest BCUT2D eigenvalue weighted by atomic mass is 16.2. The highest BCUT2D eigenvalue weighted by Gasteiger charge is 2.34.